The minimum atomic E-state index is 1.65. The van der Waals surface area contributed by atoms with Gasteiger partial charge in [0.1, 0.15) is 0 Å². The summed E-state index contributed by atoms with van der Waals surface area (Å²) in [6.07, 6.45) is 3.47. The van der Waals surface area contributed by atoms with Gasteiger partial charge >= 0.3 is 0 Å². The van der Waals surface area contributed by atoms with Crippen molar-refractivity contribution in [2.75, 3.05) is 0 Å². The van der Waals surface area contributed by atoms with E-state index in [4.69, 9.17) is 5.84 Å². The largest absolute Gasteiger partial charge is 0.332 e. The quantitative estimate of drug-likeness (QED) is 0.337. The van der Waals surface area contributed by atoms with Gasteiger partial charge in [-0.3, -0.25) is 5.84 Å². The Morgan fingerprint density at radius 2 is 2.40 bits per heavy atom. The fraction of sp³-hybridized carbons (Fsp3) is 0.333. The standard InChI is InChI=1S/C3H8N2/c1-2-3-5-4/h2-3,5H,4H2,1H3. The van der Waals surface area contributed by atoms with Crippen molar-refractivity contribution in [3.8, 4) is 0 Å². The van der Waals surface area contributed by atoms with Gasteiger partial charge in [0, 0.05) is 6.20 Å². The van der Waals surface area contributed by atoms with Crippen LogP contribution in [-0.2, 0) is 0 Å². The van der Waals surface area contributed by atoms with Crippen molar-refractivity contribution >= 4 is 0 Å². The van der Waals surface area contributed by atoms with Gasteiger partial charge < -0.3 is 5.43 Å². The summed E-state index contributed by atoms with van der Waals surface area (Å²) >= 11 is 0. The lowest BCUT2D eigenvalue weighted by Crippen LogP contribution is -2.12. The average molecular weight is 72.1 g/mol. The zero-order valence-corrected chi connectivity index (χ0v) is 3.23. The lowest BCUT2D eigenvalue weighted by atomic mass is 10.7. The van der Waals surface area contributed by atoms with Gasteiger partial charge in [-0.2, -0.15) is 0 Å². The smallest absolute Gasteiger partial charge is 0.00798 e. The maximum Gasteiger partial charge on any atom is 0.00798 e. The Morgan fingerprint density at radius 3 is 2.40 bits per heavy atom. The SMILES string of the molecule is CC=CNN. The molecule has 0 unspecified atom stereocenters. The maximum absolute atomic E-state index is 4.80. The fourth-order valence-electron chi connectivity index (χ4n) is 0.0962. The third-order valence-corrected chi connectivity index (χ3v) is 0.263. The van der Waals surface area contributed by atoms with Crippen molar-refractivity contribution < 1.29 is 0 Å². The minimum Gasteiger partial charge on any atom is -0.332 e. The third-order valence-electron chi connectivity index (χ3n) is 0.263. The Bertz CT molecular complexity index is 31.9. The van der Waals surface area contributed by atoms with E-state index in [1.165, 1.54) is 0 Å². The van der Waals surface area contributed by atoms with Gasteiger partial charge in [0.15, 0.2) is 0 Å². The molecule has 2 heteroatoms. The number of nitrogens with one attached hydrogen (secondary N) is 1. The summed E-state index contributed by atoms with van der Waals surface area (Å²) in [6.45, 7) is 1.89. The second kappa shape index (κ2) is 3.50. The molecule has 0 saturated carbocycles. The lowest BCUT2D eigenvalue weighted by Gasteiger charge is -1.76. The van der Waals surface area contributed by atoms with Gasteiger partial charge in [-0.15, -0.1) is 0 Å². The van der Waals surface area contributed by atoms with Crippen molar-refractivity contribution in [2.45, 2.75) is 6.92 Å². The zero-order chi connectivity index (χ0) is 4.12. The van der Waals surface area contributed by atoms with Crippen LogP contribution >= 0.6 is 0 Å². The summed E-state index contributed by atoms with van der Waals surface area (Å²) in [7, 11) is 0. The van der Waals surface area contributed by atoms with E-state index < -0.39 is 0 Å². The molecule has 0 aliphatic heterocycles. The first-order valence-electron chi connectivity index (χ1n) is 1.49. The number of hydrogen-bond acceptors (Lipinski definition) is 2. The number of hydrazine groups is 1. The van der Waals surface area contributed by atoms with Gasteiger partial charge in [-0.1, -0.05) is 6.08 Å². The minimum absolute atomic E-state index is 1.65. The monoisotopic (exact) mass is 72.1 g/mol. The van der Waals surface area contributed by atoms with Crippen molar-refractivity contribution in [2.24, 2.45) is 5.84 Å². The first-order chi connectivity index (χ1) is 2.41. The Hall–Kier alpha value is -0.500. The molecule has 0 aromatic carbocycles. The highest BCUT2D eigenvalue weighted by atomic mass is 15.2. The van der Waals surface area contributed by atoms with Crippen LogP contribution in [0.5, 0.6) is 0 Å². The molecule has 0 aliphatic carbocycles. The summed E-state index contributed by atoms with van der Waals surface area (Å²) < 4.78 is 0. The number of rotatable bonds is 1. The van der Waals surface area contributed by atoms with Crippen LogP contribution in [-0.4, -0.2) is 0 Å². The highest BCUT2D eigenvalue weighted by Gasteiger charge is 1.45. The van der Waals surface area contributed by atoms with E-state index in [1.807, 2.05) is 13.0 Å². The Labute approximate surface area is 31.6 Å². The van der Waals surface area contributed by atoms with Gasteiger partial charge in [-0.25, -0.2) is 0 Å². The Morgan fingerprint density at radius 1 is 1.80 bits per heavy atom. The number of hydrogen-bond donors (Lipinski definition) is 2. The predicted molar refractivity (Wildman–Crippen MR) is 22.1 cm³/mol. The molecule has 0 radical (unpaired) electrons. The molecule has 30 valence electrons. The van der Waals surface area contributed by atoms with Crippen LogP contribution in [0, 0.1) is 0 Å². The molecule has 0 aliphatic rings. The Kier molecular flexibility index (Phi) is 3.15. The molecule has 5 heavy (non-hydrogen) atoms. The van der Waals surface area contributed by atoms with E-state index in [0.29, 0.717) is 0 Å². The van der Waals surface area contributed by atoms with Gasteiger partial charge in [0.2, 0.25) is 0 Å². The molecule has 0 aromatic rings. The van der Waals surface area contributed by atoms with Crippen molar-refractivity contribution in [3.05, 3.63) is 12.3 Å². The van der Waals surface area contributed by atoms with Crippen molar-refractivity contribution in [1.82, 2.24) is 5.43 Å². The molecular weight excluding hydrogens is 64.0 g/mol. The molecule has 0 spiro atoms. The van der Waals surface area contributed by atoms with Crippen LogP contribution in [0.3, 0.4) is 0 Å². The number of nitrogens with two attached hydrogens (primary N) is 1. The molecule has 0 aromatic heterocycles. The van der Waals surface area contributed by atoms with Crippen LogP contribution in [0.15, 0.2) is 12.3 Å². The topological polar surface area (TPSA) is 38.0 Å². The van der Waals surface area contributed by atoms with E-state index in [-0.39, 0.29) is 0 Å². The zero-order valence-electron chi connectivity index (χ0n) is 3.23. The van der Waals surface area contributed by atoms with E-state index in [9.17, 15) is 0 Å². The molecular formula is C3H8N2. The third kappa shape index (κ3) is 3.50. The molecule has 0 atom stereocenters. The van der Waals surface area contributed by atoms with Crippen LogP contribution in [0.1, 0.15) is 6.92 Å². The summed E-state index contributed by atoms with van der Waals surface area (Å²) in [5.41, 5.74) is 2.34. The molecule has 0 fully saturated rings. The van der Waals surface area contributed by atoms with Crippen LogP contribution in [0.2, 0.25) is 0 Å². The van der Waals surface area contributed by atoms with Crippen molar-refractivity contribution in [1.29, 1.82) is 0 Å². The molecule has 0 amide bonds. The molecule has 3 N–H and O–H groups in total. The molecule has 0 rings (SSSR count). The van der Waals surface area contributed by atoms with Crippen LogP contribution in [0.4, 0.5) is 0 Å². The van der Waals surface area contributed by atoms with Gasteiger partial charge in [0.25, 0.3) is 0 Å². The lowest BCUT2D eigenvalue weighted by molar-refractivity contribution is 0.965. The van der Waals surface area contributed by atoms with Crippen LogP contribution in [0.25, 0.3) is 0 Å². The van der Waals surface area contributed by atoms with E-state index in [2.05, 4.69) is 5.43 Å². The van der Waals surface area contributed by atoms with E-state index in [0.717, 1.165) is 0 Å². The fourth-order valence-corrected chi connectivity index (χ4v) is 0.0962. The first kappa shape index (κ1) is 4.50. The first-order valence-corrected chi connectivity index (χ1v) is 1.49. The molecule has 2 nitrogen and oxygen atoms in total. The average Bonchev–Trinajstić information content (AvgIpc) is 1.41. The summed E-state index contributed by atoms with van der Waals surface area (Å²) in [4.78, 5) is 0. The normalized spacial score (nSPS) is 9.20. The Balaban J connectivity index is 2.62. The molecule has 0 bridgehead atoms. The molecule has 0 heterocycles. The number of allylic oxidation sites excluding steroid dienone is 1. The van der Waals surface area contributed by atoms with Crippen molar-refractivity contribution in [3.63, 3.8) is 0 Å². The second-order valence-electron chi connectivity index (χ2n) is 0.667. The highest BCUT2D eigenvalue weighted by molar-refractivity contribution is 4.69. The van der Waals surface area contributed by atoms with E-state index in [1.54, 1.807) is 6.20 Å². The summed E-state index contributed by atoms with van der Waals surface area (Å²) in [5, 5.41) is 0. The van der Waals surface area contributed by atoms with Gasteiger partial charge in [-0.05, 0) is 6.92 Å². The van der Waals surface area contributed by atoms with E-state index >= 15 is 0 Å². The summed E-state index contributed by atoms with van der Waals surface area (Å²) in [6, 6.07) is 0. The maximum atomic E-state index is 4.80. The van der Waals surface area contributed by atoms with Crippen LogP contribution < -0.4 is 11.3 Å². The highest BCUT2D eigenvalue weighted by Crippen LogP contribution is 1.51. The second-order valence-corrected chi connectivity index (χ2v) is 0.667. The summed E-state index contributed by atoms with van der Waals surface area (Å²) in [5.74, 6) is 4.80. The predicted octanol–water partition coefficient (Wildman–Crippen LogP) is -0.0167. The molecule has 0 saturated heterocycles. The van der Waals surface area contributed by atoms with Gasteiger partial charge in [0.05, 0.1) is 0 Å².